The minimum Gasteiger partial charge on any atom is -0.355 e. The number of carbonyl (C=O) groups excluding carboxylic acids is 1. The Morgan fingerprint density at radius 2 is 2.10 bits per heavy atom. The lowest BCUT2D eigenvalue weighted by atomic mass is 9.84. The molecular formula is C17H25FN2O. The van der Waals surface area contributed by atoms with E-state index in [4.69, 9.17) is 5.73 Å². The monoisotopic (exact) mass is 292 g/mol. The SMILES string of the molecule is CC(C)(CNC(=O)[C@@H]1CCC[C@@H]1CN)c1ccccc1F. The number of hydrogen-bond donors (Lipinski definition) is 2. The lowest BCUT2D eigenvalue weighted by Gasteiger charge is -2.27. The summed E-state index contributed by atoms with van der Waals surface area (Å²) in [6.45, 7) is 4.89. The molecule has 1 saturated carbocycles. The molecule has 2 atom stereocenters. The molecule has 2 rings (SSSR count). The average Bonchev–Trinajstić information content (AvgIpc) is 2.93. The van der Waals surface area contributed by atoms with Crippen molar-refractivity contribution in [1.82, 2.24) is 5.32 Å². The van der Waals surface area contributed by atoms with Crippen molar-refractivity contribution in [2.45, 2.75) is 38.5 Å². The predicted molar refractivity (Wildman–Crippen MR) is 82.3 cm³/mol. The van der Waals surface area contributed by atoms with Crippen LogP contribution in [0.3, 0.4) is 0 Å². The maximum absolute atomic E-state index is 13.9. The quantitative estimate of drug-likeness (QED) is 0.876. The molecule has 0 radical (unpaired) electrons. The van der Waals surface area contributed by atoms with Gasteiger partial charge in [0, 0.05) is 17.9 Å². The smallest absolute Gasteiger partial charge is 0.223 e. The Morgan fingerprint density at radius 1 is 1.38 bits per heavy atom. The predicted octanol–water partition coefficient (Wildman–Crippen LogP) is 2.59. The number of benzene rings is 1. The van der Waals surface area contributed by atoms with Crippen LogP contribution in [0.25, 0.3) is 0 Å². The highest BCUT2D eigenvalue weighted by atomic mass is 19.1. The van der Waals surface area contributed by atoms with Gasteiger partial charge >= 0.3 is 0 Å². The molecule has 3 N–H and O–H groups in total. The molecule has 0 unspecified atom stereocenters. The van der Waals surface area contributed by atoms with Crippen molar-refractivity contribution in [3.8, 4) is 0 Å². The van der Waals surface area contributed by atoms with E-state index in [1.807, 2.05) is 19.9 Å². The van der Waals surface area contributed by atoms with Gasteiger partial charge in [0.05, 0.1) is 0 Å². The molecule has 116 valence electrons. The number of rotatable bonds is 5. The Morgan fingerprint density at radius 3 is 2.76 bits per heavy atom. The molecule has 1 aromatic carbocycles. The Hall–Kier alpha value is -1.42. The molecule has 1 aromatic rings. The van der Waals surface area contributed by atoms with E-state index in [2.05, 4.69) is 5.32 Å². The number of nitrogens with one attached hydrogen (secondary N) is 1. The first-order chi connectivity index (χ1) is 9.95. The van der Waals surface area contributed by atoms with E-state index in [0.29, 0.717) is 24.6 Å². The van der Waals surface area contributed by atoms with Crippen LogP contribution in [0.4, 0.5) is 4.39 Å². The maximum atomic E-state index is 13.9. The molecule has 0 bridgehead atoms. The van der Waals surface area contributed by atoms with Crippen LogP contribution in [0.1, 0.15) is 38.7 Å². The Kier molecular flexibility index (Phi) is 4.99. The second kappa shape index (κ2) is 6.56. The molecule has 0 aromatic heterocycles. The molecule has 1 aliphatic carbocycles. The van der Waals surface area contributed by atoms with Crippen LogP contribution in [0.5, 0.6) is 0 Å². The van der Waals surface area contributed by atoms with Crippen molar-refractivity contribution in [2.24, 2.45) is 17.6 Å². The standard InChI is InChI=1S/C17H25FN2O/c1-17(2,14-8-3-4-9-15(14)18)11-20-16(21)13-7-5-6-12(13)10-19/h3-4,8-9,12-13H,5-7,10-11,19H2,1-2H3,(H,20,21)/t12-,13-/m1/s1. The lowest BCUT2D eigenvalue weighted by Crippen LogP contribution is -2.41. The number of halogens is 1. The van der Waals surface area contributed by atoms with Crippen molar-refractivity contribution in [2.75, 3.05) is 13.1 Å². The van der Waals surface area contributed by atoms with Crippen molar-refractivity contribution in [3.63, 3.8) is 0 Å². The third kappa shape index (κ3) is 3.62. The van der Waals surface area contributed by atoms with E-state index in [1.54, 1.807) is 12.1 Å². The first-order valence-corrected chi connectivity index (χ1v) is 7.68. The second-order valence-electron chi connectivity index (χ2n) is 6.61. The summed E-state index contributed by atoms with van der Waals surface area (Å²) in [7, 11) is 0. The van der Waals surface area contributed by atoms with Crippen LogP contribution in [0.2, 0.25) is 0 Å². The van der Waals surface area contributed by atoms with Crippen LogP contribution in [-0.4, -0.2) is 19.0 Å². The summed E-state index contributed by atoms with van der Waals surface area (Å²) in [5.41, 5.74) is 5.92. The largest absolute Gasteiger partial charge is 0.355 e. The van der Waals surface area contributed by atoms with Gasteiger partial charge in [0.1, 0.15) is 5.82 Å². The van der Waals surface area contributed by atoms with Gasteiger partial charge in [-0.2, -0.15) is 0 Å². The summed E-state index contributed by atoms with van der Waals surface area (Å²) in [6, 6.07) is 6.74. The topological polar surface area (TPSA) is 55.1 Å². The first kappa shape index (κ1) is 16.0. The molecule has 1 fully saturated rings. The van der Waals surface area contributed by atoms with Crippen LogP contribution < -0.4 is 11.1 Å². The summed E-state index contributed by atoms with van der Waals surface area (Å²) >= 11 is 0. The minimum atomic E-state index is -0.433. The normalized spacial score (nSPS) is 22.3. The van der Waals surface area contributed by atoms with E-state index >= 15 is 0 Å². The van der Waals surface area contributed by atoms with Crippen LogP contribution in [0, 0.1) is 17.7 Å². The van der Waals surface area contributed by atoms with Crippen molar-refractivity contribution < 1.29 is 9.18 Å². The molecule has 21 heavy (non-hydrogen) atoms. The van der Waals surface area contributed by atoms with Gasteiger partial charge in [-0.3, -0.25) is 4.79 Å². The number of carbonyl (C=O) groups is 1. The fraction of sp³-hybridized carbons (Fsp3) is 0.588. The van der Waals surface area contributed by atoms with E-state index in [-0.39, 0.29) is 17.6 Å². The van der Waals surface area contributed by atoms with E-state index in [9.17, 15) is 9.18 Å². The summed E-state index contributed by atoms with van der Waals surface area (Å²) in [5, 5.41) is 2.99. The summed E-state index contributed by atoms with van der Waals surface area (Å²) in [6.07, 6.45) is 3.01. The molecule has 0 saturated heterocycles. The van der Waals surface area contributed by atoms with Crippen molar-refractivity contribution in [1.29, 1.82) is 0 Å². The highest BCUT2D eigenvalue weighted by Crippen LogP contribution is 2.31. The summed E-state index contributed by atoms with van der Waals surface area (Å²) in [4.78, 5) is 12.3. The molecule has 4 heteroatoms. The zero-order chi connectivity index (χ0) is 15.5. The molecular weight excluding hydrogens is 267 g/mol. The lowest BCUT2D eigenvalue weighted by molar-refractivity contribution is -0.126. The Balaban J connectivity index is 1.98. The fourth-order valence-electron chi connectivity index (χ4n) is 3.21. The summed E-state index contributed by atoms with van der Waals surface area (Å²) in [5.74, 6) is 0.151. The van der Waals surface area contributed by atoms with Crippen LogP contribution in [-0.2, 0) is 10.2 Å². The van der Waals surface area contributed by atoms with Gasteiger partial charge in [0.15, 0.2) is 0 Å². The minimum absolute atomic E-state index is 0.0198. The van der Waals surface area contributed by atoms with Gasteiger partial charge in [-0.15, -0.1) is 0 Å². The molecule has 0 spiro atoms. The molecule has 1 aliphatic rings. The van der Waals surface area contributed by atoms with Crippen LogP contribution >= 0.6 is 0 Å². The third-order valence-electron chi connectivity index (χ3n) is 4.61. The zero-order valence-electron chi connectivity index (χ0n) is 12.9. The van der Waals surface area contributed by atoms with Crippen LogP contribution in [0.15, 0.2) is 24.3 Å². The van der Waals surface area contributed by atoms with Gasteiger partial charge in [-0.05, 0) is 36.9 Å². The molecule has 3 nitrogen and oxygen atoms in total. The van der Waals surface area contributed by atoms with E-state index in [1.165, 1.54) is 6.07 Å². The number of hydrogen-bond acceptors (Lipinski definition) is 2. The highest BCUT2D eigenvalue weighted by Gasteiger charge is 2.33. The number of nitrogens with two attached hydrogens (primary N) is 1. The third-order valence-corrected chi connectivity index (χ3v) is 4.61. The highest BCUT2D eigenvalue weighted by molar-refractivity contribution is 5.79. The Bertz CT molecular complexity index is 501. The molecule has 0 heterocycles. The van der Waals surface area contributed by atoms with E-state index in [0.717, 1.165) is 19.3 Å². The molecule has 1 amide bonds. The molecule has 0 aliphatic heterocycles. The van der Waals surface area contributed by atoms with Gasteiger partial charge < -0.3 is 11.1 Å². The summed E-state index contributed by atoms with van der Waals surface area (Å²) < 4.78 is 13.9. The van der Waals surface area contributed by atoms with Gasteiger partial charge in [-0.1, -0.05) is 38.5 Å². The van der Waals surface area contributed by atoms with Gasteiger partial charge in [0.25, 0.3) is 0 Å². The average molecular weight is 292 g/mol. The van der Waals surface area contributed by atoms with Crippen molar-refractivity contribution >= 4 is 5.91 Å². The second-order valence-corrected chi connectivity index (χ2v) is 6.61. The maximum Gasteiger partial charge on any atom is 0.223 e. The van der Waals surface area contributed by atoms with Crippen molar-refractivity contribution in [3.05, 3.63) is 35.6 Å². The first-order valence-electron chi connectivity index (χ1n) is 7.68. The van der Waals surface area contributed by atoms with Gasteiger partial charge in [0.2, 0.25) is 5.91 Å². The van der Waals surface area contributed by atoms with Gasteiger partial charge in [-0.25, -0.2) is 4.39 Å². The number of amides is 1. The Labute approximate surface area is 126 Å². The zero-order valence-corrected chi connectivity index (χ0v) is 12.9. The van der Waals surface area contributed by atoms with E-state index < -0.39 is 5.41 Å². The fourth-order valence-corrected chi connectivity index (χ4v) is 3.21.